The Morgan fingerprint density at radius 3 is 2.74 bits per heavy atom. The Hall–Kier alpha value is -2.77. The van der Waals surface area contributed by atoms with Crippen LogP contribution in [0.3, 0.4) is 0 Å². The average molecular weight is 373 g/mol. The Balaban J connectivity index is 1.28. The van der Waals surface area contributed by atoms with E-state index in [2.05, 4.69) is 10.6 Å². The number of nitrogens with one attached hydrogen (secondary N) is 2. The largest absolute Gasteiger partial charge is 0.454 e. The molecule has 4 amide bonds. The van der Waals surface area contributed by atoms with E-state index in [0.717, 1.165) is 24.8 Å². The number of ether oxygens (including phenoxy) is 2. The lowest BCUT2D eigenvalue weighted by atomic mass is 9.82. The molecule has 1 aromatic rings. The van der Waals surface area contributed by atoms with Gasteiger partial charge in [-0.2, -0.15) is 0 Å². The predicted molar refractivity (Wildman–Crippen MR) is 95.1 cm³/mol. The van der Waals surface area contributed by atoms with Crippen molar-refractivity contribution in [2.45, 2.75) is 50.6 Å². The summed E-state index contributed by atoms with van der Waals surface area (Å²) in [6, 6.07) is 5.11. The highest BCUT2D eigenvalue weighted by Crippen LogP contribution is 2.34. The van der Waals surface area contributed by atoms with Crippen molar-refractivity contribution in [1.29, 1.82) is 0 Å². The lowest BCUT2D eigenvalue weighted by Crippen LogP contribution is -2.48. The van der Waals surface area contributed by atoms with E-state index in [1.54, 1.807) is 6.07 Å². The van der Waals surface area contributed by atoms with Gasteiger partial charge in [0.05, 0.1) is 0 Å². The number of nitrogens with zero attached hydrogens (tertiary/aromatic N) is 1. The molecule has 27 heavy (non-hydrogen) atoms. The van der Waals surface area contributed by atoms with Gasteiger partial charge in [-0.1, -0.05) is 25.3 Å². The molecule has 0 atom stereocenters. The van der Waals surface area contributed by atoms with Crippen molar-refractivity contribution in [3.05, 3.63) is 23.8 Å². The fraction of sp³-hybridized carbons (Fsp3) is 0.526. The Kier molecular flexibility index (Phi) is 4.63. The number of fused-ring (bicyclic) bond motifs is 1. The average Bonchev–Trinajstić information content (AvgIpc) is 3.22. The van der Waals surface area contributed by atoms with Gasteiger partial charge in [0.25, 0.3) is 5.91 Å². The zero-order valence-corrected chi connectivity index (χ0v) is 15.1. The zero-order valence-electron chi connectivity index (χ0n) is 15.1. The second kappa shape index (κ2) is 7.09. The number of imide groups is 1. The van der Waals surface area contributed by atoms with Crippen LogP contribution in [0.2, 0.25) is 0 Å². The van der Waals surface area contributed by atoms with Crippen LogP contribution in [0.1, 0.15) is 44.1 Å². The van der Waals surface area contributed by atoms with Crippen LogP contribution in [0.5, 0.6) is 11.5 Å². The molecule has 0 bridgehead atoms. The summed E-state index contributed by atoms with van der Waals surface area (Å²) in [5, 5.41) is 5.66. The van der Waals surface area contributed by atoms with E-state index in [1.807, 2.05) is 12.1 Å². The van der Waals surface area contributed by atoms with E-state index in [1.165, 1.54) is 4.90 Å². The summed E-state index contributed by atoms with van der Waals surface area (Å²) in [7, 11) is 0. The first-order valence-corrected chi connectivity index (χ1v) is 9.37. The first kappa shape index (κ1) is 17.6. The summed E-state index contributed by atoms with van der Waals surface area (Å²) in [6.07, 6.45) is 4.42. The monoisotopic (exact) mass is 373 g/mol. The molecule has 0 aromatic heterocycles. The Morgan fingerprint density at radius 2 is 1.93 bits per heavy atom. The standard InChI is InChI=1S/C19H23N3O5/c23-16(20-11-13-4-5-14-15(10-13)27-12-26-14)6-9-22-17(24)19(21-18(22)25)7-2-1-3-8-19/h4-5,10H,1-3,6-9,11-12H2,(H,20,23)(H,21,25). The molecule has 0 unspecified atom stereocenters. The van der Waals surface area contributed by atoms with Gasteiger partial charge in [0.2, 0.25) is 12.7 Å². The van der Waals surface area contributed by atoms with Crippen LogP contribution in [-0.4, -0.2) is 41.6 Å². The van der Waals surface area contributed by atoms with Gasteiger partial charge in [0.15, 0.2) is 11.5 Å². The van der Waals surface area contributed by atoms with Gasteiger partial charge in [0, 0.05) is 19.5 Å². The molecule has 3 aliphatic rings. The zero-order chi connectivity index (χ0) is 18.9. The minimum atomic E-state index is -0.738. The minimum Gasteiger partial charge on any atom is -0.454 e. The quantitative estimate of drug-likeness (QED) is 0.766. The number of urea groups is 1. The van der Waals surface area contributed by atoms with E-state index in [0.29, 0.717) is 30.9 Å². The van der Waals surface area contributed by atoms with Crippen molar-refractivity contribution in [2.24, 2.45) is 0 Å². The molecule has 8 heteroatoms. The fourth-order valence-corrected chi connectivity index (χ4v) is 3.93. The molecule has 2 heterocycles. The summed E-state index contributed by atoms with van der Waals surface area (Å²) in [5.41, 5.74) is 0.155. The van der Waals surface area contributed by atoms with Crippen molar-refractivity contribution in [1.82, 2.24) is 15.5 Å². The van der Waals surface area contributed by atoms with Gasteiger partial charge in [0.1, 0.15) is 5.54 Å². The van der Waals surface area contributed by atoms with E-state index < -0.39 is 5.54 Å². The lowest BCUT2D eigenvalue weighted by molar-refractivity contribution is -0.132. The topological polar surface area (TPSA) is 97.0 Å². The number of hydrogen-bond acceptors (Lipinski definition) is 5. The molecule has 2 aliphatic heterocycles. The highest BCUT2D eigenvalue weighted by Gasteiger charge is 2.50. The second-order valence-electron chi connectivity index (χ2n) is 7.24. The number of amides is 4. The maximum Gasteiger partial charge on any atom is 0.325 e. The van der Waals surface area contributed by atoms with Crippen LogP contribution >= 0.6 is 0 Å². The number of hydrogen-bond donors (Lipinski definition) is 2. The molecule has 0 radical (unpaired) electrons. The summed E-state index contributed by atoms with van der Waals surface area (Å²) in [6.45, 7) is 0.650. The summed E-state index contributed by atoms with van der Waals surface area (Å²) in [4.78, 5) is 38.2. The normalized spacial score (nSPS) is 20.1. The van der Waals surface area contributed by atoms with E-state index in [9.17, 15) is 14.4 Å². The van der Waals surface area contributed by atoms with Gasteiger partial charge < -0.3 is 20.1 Å². The molecule has 2 N–H and O–H groups in total. The minimum absolute atomic E-state index is 0.0831. The van der Waals surface area contributed by atoms with Gasteiger partial charge in [-0.15, -0.1) is 0 Å². The SMILES string of the molecule is O=C(CCN1C(=O)NC2(CCCCC2)C1=O)NCc1ccc2c(c1)OCO2. The highest BCUT2D eigenvalue weighted by atomic mass is 16.7. The van der Waals surface area contributed by atoms with Crippen LogP contribution in [-0.2, 0) is 16.1 Å². The fourth-order valence-electron chi connectivity index (χ4n) is 3.93. The van der Waals surface area contributed by atoms with Crippen LogP contribution in [0.15, 0.2) is 18.2 Å². The lowest BCUT2D eigenvalue weighted by Gasteiger charge is -2.30. The molecule has 1 aliphatic carbocycles. The molecular weight excluding hydrogens is 350 g/mol. The Morgan fingerprint density at radius 1 is 1.15 bits per heavy atom. The summed E-state index contributed by atoms with van der Waals surface area (Å²) >= 11 is 0. The molecular formula is C19H23N3O5. The number of carbonyl (C=O) groups is 3. The van der Waals surface area contributed by atoms with Crippen molar-refractivity contribution in [3.63, 3.8) is 0 Å². The predicted octanol–water partition coefficient (Wildman–Crippen LogP) is 1.68. The van der Waals surface area contributed by atoms with Crippen LogP contribution in [0.4, 0.5) is 4.79 Å². The third-order valence-corrected chi connectivity index (χ3v) is 5.44. The van der Waals surface area contributed by atoms with E-state index in [4.69, 9.17) is 9.47 Å². The number of benzene rings is 1. The van der Waals surface area contributed by atoms with Crippen LogP contribution in [0, 0.1) is 0 Å². The number of rotatable bonds is 5. The molecule has 1 saturated carbocycles. The second-order valence-corrected chi connectivity index (χ2v) is 7.24. The van der Waals surface area contributed by atoms with E-state index in [-0.39, 0.29) is 37.6 Å². The summed E-state index contributed by atoms with van der Waals surface area (Å²) < 4.78 is 10.6. The summed E-state index contributed by atoms with van der Waals surface area (Å²) in [5.74, 6) is 0.966. The molecule has 1 saturated heterocycles. The van der Waals surface area contributed by atoms with Crippen LogP contribution in [0.25, 0.3) is 0 Å². The van der Waals surface area contributed by atoms with Crippen molar-refractivity contribution < 1.29 is 23.9 Å². The molecule has 144 valence electrons. The van der Waals surface area contributed by atoms with Gasteiger partial charge in [-0.05, 0) is 30.5 Å². The first-order chi connectivity index (χ1) is 13.1. The maximum atomic E-state index is 12.7. The Labute approximate surface area is 157 Å². The molecule has 2 fully saturated rings. The Bertz CT molecular complexity index is 773. The van der Waals surface area contributed by atoms with E-state index >= 15 is 0 Å². The van der Waals surface area contributed by atoms with Crippen molar-refractivity contribution >= 4 is 17.8 Å². The molecule has 4 rings (SSSR count). The van der Waals surface area contributed by atoms with Gasteiger partial charge in [-0.25, -0.2) is 4.79 Å². The van der Waals surface area contributed by atoms with Gasteiger partial charge >= 0.3 is 6.03 Å². The van der Waals surface area contributed by atoms with Crippen molar-refractivity contribution in [2.75, 3.05) is 13.3 Å². The smallest absolute Gasteiger partial charge is 0.325 e. The van der Waals surface area contributed by atoms with Crippen LogP contribution < -0.4 is 20.1 Å². The first-order valence-electron chi connectivity index (χ1n) is 9.37. The van der Waals surface area contributed by atoms with Gasteiger partial charge in [-0.3, -0.25) is 14.5 Å². The third-order valence-electron chi connectivity index (χ3n) is 5.44. The van der Waals surface area contributed by atoms with Crippen molar-refractivity contribution in [3.8, 4) is 11.5 Å². The number of carbonyl (C=O) groups excluding carboxylic acids is 3. The maximum absolute atomic E-state index is 12.7. The highest BCUT2D eigenvalue weighted by molar-refractivity contribution is 6.07. The molecule has 8 nitrogen and oxygen atoms in total. The third kappa shape index (κ3) is 3.43. The molecule has 1 spiro atoms. The molecule has 1 aromatic carbocycles.